The molecule has 2 aromatic heterocycles. The highest BCUT2D eigenvalue weighted by Gasteiger charge is 2.23. The number of primary amides is 1. The third-order valence-electron chi connectivity index (χ3n) is 5.24. The van der Waals surface area contributed by atoms with Crippen LogP contribution in [0.25, 0.3) is 22.3 Å². The van der Waals surface area contributed by atoms with E-state index < -0.39 is 17.7 Å². The summed E-state index contributed by atoms with van der Waals surface area (Å²) in [6.07, 6.45) is 0.717. The lowest BCUT2D eigenvalue weighted by Gasteiger charge is -2.27. The van der Waals surface area contributed by atoms with Gasteiger partial charge in [0.25, 0.3) is 5.91 Å². The second-order valence-electron chi connectivity index (χ2n) is 8.80. The number of nitrogens with two attached hydrogens (primary N) is 1. The van der Waals surface area contributed by atoms with Gasteiger partial charge in [0.15, 0.2) is 5.82 Å². The van der Waals surface area contributed by atoms with Crippen LogP contribution >= 0.6 is 0 Å². The van der Waals surface area contributed by atoms with E-state index in [2.05, 4.69) is 20.6 Å². The molecule has 33 heavy (non-hydrogen) atoms. The Kier molecular flexibility index (Phi) is 6.39. The van der Waals surface area contributed by atoms with E-state index in [1.165, 1.54) is 6.33 Å². The summed E-state index contributed by atoms with van der Waals surface area (Å²) in [5.74, 6) is 0.366. The van der Waals surface area contributed by atoms with Crippen molar-refractivity contribution in [2.24, 2.45) is 5.73 Å². The molecule has 1 fully saturated rings. The summed E-state index contributed by atoms with van der Waals surface area (Å²) >= 11 is 0. The van der Waals surface area contributed by atoms with Gasteiger partial charge in [-0.3, -0.25) is 4.79 Å². The molecular weight excluding hydrogens is 427 g/mol. The summed E-state index contributed by atoms with van der Waals surface area (Å²) in [4.78, 5) is 25.4. The Morgan fingerprint density at radius 2 is 2.03 bits per heavy atom. The van der Waals surface area contributed by atoms with Gasteiger partial charge in [-0.1, -0.05) is 0 Å². The molecule has 10 heteroatoms. The van der Waals surface area contributed by atoms with E-state index in [1.54, 1.807) is 44.2 Å². The lowest BCUT2D eigenvalue weighted by Crippen LogP contribution is -2.44. The number of piperidine rings is 1. The van der Waals surface area contributed by atoms with E-state index in [-0.39, 0.29) is 18.2 Å². The Labute approximate surface area is 190 Å². The van der Waals surface area contributed by atoms with Gasteiger partial charge in [-0.25, -0.2) is 19.3 Å². The second kappa shape index (κ2) is 9.24. The summed E-state index contributed by atoms with van der Waals surface area (Å²) in [6, 6.07) is 8.53. The fourth-order valence-corrected chi connectivity index (χ4v) is 3.66. The average Bonchev–Trinajstić information content (AvgIpc) is 2.77. The zero-order valence-corrected chi connectivity index (χ0v) is 18.5. The number of anilines is 1. The smallest absolute Gasteiger partial charge is 0.251 e. The van der Waals surface area contributed by atoms with Crippen molar-refractivity contribution < 1.29 is 19.0 Å². The Balaban J connectivity index is 1.69. The lowest BCUT2D eigenvalue weighted by molar-refractivity contribution is 0.0285. The van der Waals surface area contributed by atoms with Crippen LogP contribution in [-0.4, -0.2) is 63.5 Å². The molecule has 9 nitrogen and oxygen atoms in total. The van der Waals surface area contributed by atoms with Crippen molar-refractivity contribution in [3.63, 3.8) is 0 Å². The SMILES string of the molecule is CC(C)(O)COc1ccc(-c2cc(C(N)=O)c3ncnc(N[C@@H]4CNC[C@@H](F)C4)c3n2)cc1. The van der Waals surface area contributed by atoms with Gasteiger partial charge >= 0.3 is 0 Å². The number of carbonyl (C=O) groups excluding carboxylic acids is 1. The Hall–Kier alpha value is -3.37. The maximum absolute atomic E-state index is 13.8. The number of hydrogen-bond acceptors (Lipinski definition) is 8. The standard InChI is InChI=1S/C23H27FN6O3/c1-23(2,32)11-33-16-5-3-13(4-6-16)18-8-17(21(25)31)19-20(30-18)22(28-12-27-19)29-15-7-14(24)9-26-10-15/h3-6,8,12,14-15,26,32H,7,9-11H2,1-2H3,(H2,25,31)(H,27,28,29)/t14-,15-/m0/s1. The second-order valence-corrected chi connectivity index (χ2v) is 8.80. The molecule has 3 heterocycles. The highest BCUT2D eigenvalue weighted by molar-refractivity contribution is 6.06. The molecule has 0 aliphatic carbocycles. The first kappa shape index (κ1) is 22.8. The number of nitrogens with one attached hydrogen (secondary N) is 2. The first-order chi connectivity index (χ1) is 15.7. The number of halogens is 1. The monoisotopic (exact) mass is 454 g/mol. The molecule has 1 aromatic carbocycles. The highest BCUT2D eigenvalue weighted by atomic mass is 19.1. The molecule has 3 aromatic rings. The van der Waals surface area contributed by atoms with Crippen LogP contribution < -0.4 is 21.1 Å². The zero-order valence-electron chi connectivity index (χ0n) is 18.5. The molecule has 4 rings (SSSR count). The topological polar surface area (TPSA) is 135 Å². The summed E-state index contributed by atoms with van der Waals surface area (Å²) in [5.41, 5.74) is 6.85. The summed E-state index contributed by atoms with van der Waals surface area (Å²) in [5, 5.41) is 16.1. The molecule has 2 atom stereocenters. The van der Waals surface area contributed by atoms with Crippen LogP contribution in [-0.2, 0) is 0 Å². The van der Waals surface area contributed by atoms with Crippen molar-refractivity contribution >= 4 is 22.8 Å². The normalized spacial score (nSPS) is 18.8. The van der Waals surface area contributed by atoms with Gasteiger partial charge < -0.3 is 26.2 Å². The molecule has 0 bridgehead atoms. The number of aromatic nitrogens is 3. The maximum atomic E-state index is 13.8. The van der Waals surface area contributed by atoms with Crippen LogP contribution in [0.4, 0.5) is 10.2 Å². The van der Waals surface area contributed by atoms with E-state index >= 15 is 0 Å². The van der Waals surface area contributed by atoms with Gasteiger partial charge in [0.2, 0.25) is 0 Å². The van der Waals surface area contributed by atoms with E-state index in [9.17, 15) is 14.3 Å². The minimum absolute atomic E-state index is 0.147. The molecular formula is C23H27FN6O3. The van der Waals surface area contributed by atoms with Gasteiger partial charge in [0.1, 0.15) is 35.9 Å². The van der Waals surface area contributed by atoms with Crippen LogP contribution in [0.3, 0.4) is 0 Å². The van der Waals surface area contributed by atoms with Crippen molar-refractivity contribution in [1.29, 1.82) is 0 Å². The van der Waals surface area contributed by atoms with Crippen molar-refractivity contribution in [1.82, 2.24) is 20.3 Å². The molecule has 0 saturated carbocycles. The number of nitrogens with zero attached hydrogens (tertiary/aromatic N) is 3. The number of rotatable bonds is 7. The largest absolute Gasteiger partial charge is 0.491 e. The van der Waals surface area contributed by atoms with Crippen molar-refractivity contribution in [3.8, 4) is 17.0 Å². The molecule has 5 N–H and O–H groups in total. The number of fused-ring (bicyclic) bond motifs is 1. The molecule has 1 aliphatic heterocycles. The predicted octanol–water partition coefficient (Wildman–Crippen LogP) is 2.05. The number of alkyl halides is 1. The minimum atomic E-state index is -0.953. The number of ether oxygens (including phenoxy) is 1. The Morgan fingerprint density at radius 1 is 1.27 bits per heavy atom. The first-order valence-electron chi connectivity index (χ1n) is 10.7. The highest BCUT2D eigenvalue weighted by Crippen LogP contribution is 2.28. The van der Waals surface area contributed by atoms with Gasteiger partial charge in [0.05, 0.1) is 16.9 Å². The van der Waals surface area contributed by atoms with Crippen LogP contribution in [0, 0.1) is 0 Å². The van der Waals surface area contributed by atoms with Crippen LogP contribution in [0.15, 0.2) is 36.7 Å². The summed E-state index contributed by atoms with van der Waals surface area (Å²) in [7, 11) is 0. The number of carbonyl (C=O) groups is 1. The Bertz CT molecular complexity index is 1150. The molecule has 1 aliphatic rings. The van der Waals surface area contributed by atoms with Gasteiger partial charge in [-0.15, -0.1) is 0 Å². The van der Waals surface area contributed by atoms with Crippen LogP contribution in [0.1, 0.15) is 30.6 Å². The van der Waals surface area contributed by atoms with E-state index in [0.717, 1.165) is 5.56 Å². The summed E-state index contributed by atoms with van der Waals surface area (Å²) in [6.45, 7) is 4.38. The van der Waals surface area contributed by atoms with Crippen molar-refractivity contribution in [3.05, 3.63) is 42.2 Å². The number of benzene rings is 1. The predicted molar refractivity (Wildman–Crippen MR) is 123 cm³/mol. The zero-order chi connectivity index (χ0) is 23.6. The average molecular weight is 455 g/mol. The molecule has 0 unspecified atom stereocenters. The minimum Gasteiger partial charge on any atom is -0.491 e. The van der Waals surface area contributed by atoms with Crippen LogP contribution in [0.5, 0.6) is 5.75 Å². The lowest BCUT2D eigenvalue weighted by atomic mass is 10.1. The molecule has 0 radical (unpaired) electrons. The third kappa shape index (κ3) is 5.52. The van der Waals surface area contributed by atoms with Gasteiger partial charge in [0, 0.05) is 31.1 Å². The van der Waals surface area contributed by atoms with E-state index in [0.29, 0.717) is 47.8 Å². The van der Waals surface area contributed by atoms with Crippen LogP contribution in [0.2, 0.25) is 0 Å². The van der Waals surface area contributed by atoms with Gasteiger partial charge in [-0.05, 0) is 44.2 Å². The summed E-state index contributed by atoms with van der Waals surface area (Å²) < 4.78 is 19.4. The van der Waals surface area contributed by atoms with Gasteiger partial charge in [-0.2, -0.15) is 0 Å². The fraction of sp³-hybridized carbons (Fsp3) is 0.391. The molecule has 1 amide bonds. The number of amides is 1. The van der Waals surface area contributed by atoms with E-state index in [1.807, 2.05) is 0 Å². The molecule has 1 saturated heterocycles. The Morgan fingerprint density at radius 3 is 2.70 bits per heavy atom. The number of hydrogen-bond donors (Lipinski definition) is 4. The van der Waals surface area contributed by atoms with Crippen molar-refractivity contribution in [2.45, 2.75) is 38.1 Å². The quantitative estimate of drug-likeness (QED) is 0.426. The molecule has 174 valence electrons. The maximum Gasteiger partial charge on any atom is 0.251 e. The number of pyridine rings is 1. The first-order valence-corrected chi connectivity index (χ1v) is 10.7. The molecule has 0 spiro atoms. The fourth-order valence-electron chi connectivity index (χ4n) is 3.66. The van der Waals surface area contributed by atoms with E-state index in [4.69, 9.17) is 15.5 Å². The number of aliphatic hydroxyl groups is 1. The third-order valence-corrected chi connectivity index (χ3v) is 5.24. The van der Waals surface area contributed by atoms with Crippen molar-refractivity contribution in [2.75, 3.05) is 25.0 Å².